The Morgan fingerprint density at radius 3 is 2.85 bits per heavy atom. The summed E-state index contributed by atoms with van der Waals surface area (Å²) in [5.41, 5.74) is 9.11. The van der Waals surface area contributed by atoms with Gasteiger partial charge in [0.2, 0.25) is 5.95 Å². The van der Waals surface area contributed by atoms with Crippen molar-refractivity contribution in [1.29, 1.82) is 0 Å². The van der Waals surface area contributed by atoms with Crippen LogP contribution in [0.1, 0.15) is 11.1 Å². The number of hydrogen-bond acceptors (Lipinski definition) is 8. The second-order valence-electron chi connectivity index (χ2n) is 5.97. The van der Waals surface area contributed by atoms with Crippen molar-refractivity contribution in [2.75, 3.05) is 38.4 Å². The first-order valence-electron chi connectivity index (χ1n) is 8.46. The summed E-state index contributed by atoms with van der Waals surface area (Å²) < 4.78 is 11.6. The molecular weight excluding hydrogens is 348 g/mol. The number of ether oxygens (including phenoxy) is 2. The number of methoxy groups -OCH3 is 2. The quantitative estimate of drug-likeness (QED) is 0.449. The van der Waals surface area contributed by atoms with Gasteiger partial charge >= 0.3 is 5.97 Å². The Balaban J connectivity index is 1.84. The van der Waals surface area contributed by atoms with Crippen molar-refractivity contribution in [2.45, 2.75) is 13.0 Å². The smallest absolute Gasteiger partial charge is 0.309 e. The maximum absolute atomic E-state index is 11.5. The molecule has 3 rings (SSSR count). The van der Waals surface area contributed by atoms with E-state index in [0.717, 1.165) is 11.1 Å². The Morgan fingerprint density at radius 1 is 1.26 bits per heavy atom. The molecule has 27 heavy (non-hydrogen) atoms. The molecule has 9 heteroatoms. The summed E-state index contributed by atoms with van der Waals surface area (Å²) in [4.78, 5) is 24.5. The molecule has 0 fully saturated rings. The number of imidazole rings is 1. The molecule has 2 aromatic heterocycles. The summed E-state index contributed by atoms with van der Waals surface area (Å²) in [5.74, 6) is 0.476. The van der Waals surface area contributed by atoms with Crippen molar-refractivity contribution in [2.24, 2.45) is 0 Å². The number of nitrogens with zero attached hydrogens (tertiary/aromatic N) is 4. The number of carbonyl (C=O) groups excluding carboxylic acids is 1. The van der Waals surface area contributed by atoms with Crippen LogP contribution in [0.15, 0.2) is 30.6 Å². The van der Waals surface area contributed by atoms with Gasteiger partial charge in [-0.2, -0.15) is 9.97 Å². The zero-order valence-corrected chi connectivity index (χ0v) is 15.3. The van der Waals surface area contributed by atoms with Gasteiger partial charge in [-0.05, 0) is 11.1 Å². The van der Waals surface area contributed by atoms with Crippen molar-refractivity contribution in [3.05, 3.63) is 41.7 Å². The largest absolute Gasteiger partial charge is 0.469 e. The van der Waals surface area contributed by atoms with E-state index >= 15 is 0 Å². The lowest BCUT2D eigenvalue weighted by atomic mass is 10.1. The van der Waals surface area contributed by atoms with Crippen molar-refractivity contribution < 1.29 is 14.3 Å². The van der Waals surface area contributed by atoms with E-state index < -0.39 is 0 Å². The van der Waals surface area contributed by atoms with Gasteiger partial charge in [0.05, 0.1) is 33.0 Å². The van der Waals surface area contributed by atoms with E-state index in [0.29, 0.717) is 42.6 Å². The molecule has 0 saturated heterocycles. The lowest BCUT2D eigenvalue weighted by molar-refractivity contribution is -0.139. The highest BCUT2D eigenvalue weighted by molar-refractivity contribution is 5.83. The van der Waals surface area contributed by atoms with E-state index in [9.17, 15) is 4.79 Å². The number of nitrogen functional groups attached to an aromatic ring is 1. The number of rotatable bonds is 8. The van der Waals surface area contributed by atoms with Crippen LogP contribution >= 0.6 is 0 Å². The molecule has 2 heterocycles. The molecule has 3 aromatic rings. The Kier molecular flexibility index (Phi) is 5.82. The summed E-state index contributed by atoms with van der Waals surface area (Å²) >= 11 is 0. The van der Waals surface area contributed by atoms with Crippen molar-refractivity contribution in [1.82, 2.24) is 19.5 Å². The van der Waals surface area contributed by atoms with Crippen molar-refractivity contribution in [3.63, 3.8) is 0 Å². The highest BCUT2D eigenvalue weighted by atomic mass is 16.5. The van der Waals surface area contributed by atoms with E-state index in [-0.39, 0.29) is 12.4 Å². The van der Waals surface area contributed by atoms with Gasteiger partial charge in [0.25, 0.3) is 0 Å². The second-order valence-corrected chi connectivity index (χ2v) is 5.97. The van der Waals surface area contributed by atoms with Crippen molar-refractivity contribution >= 4 is 28.9 Å². The van der Waals surface area contributed by atoms with E-state index in [1.807, 2.05) is 28.8 Å². The molecule has 0 aliphatic rings. The molecule has 0 aliphatic carbocycles. The number of hydrogen-bond donors (Lipinski definition) is 2. The first-order valence-corrected chi connectivity index (χ1v) is 8.46. The van der Waals surface area contributed by atoms with Crippen LogP contribution in [0.3, 0.4) is 0 Å². The molecule has 142 valence electrons. The number of anilines is 2. The Hall–Kier alpha value is -3.20. The van der Waals surface area contributed by atoms with E-state index in [1.165, 1.54) is 7.11 Å². The minimum Gasteiger partial charge on any atom is -0.469 e. The maximum Gasteiger partial charge on any atom is 0.309 e. The molecule has 0 atom stereocenters. The molecule has 0 unspecified atom stereocenters. The summed E-state index contributed by atoms with van der Waals surface area (Å²) in [6, 6.07) is 7.75. The van der Waals surface area contributed by atoms with Crippen LogP contribution in [-0.2, 0) is 27.2 Å². The van der Waals surface area contributed by atoms with Crippen LogP contribution in [-0.4, -0.2) is 52.9 Å². The normalized spacial score (nSPS) is 10.9. The number of aromatic nitrogens is 4. The van der Waals surface area contributed by atoms with Crippen molar-refractivity contribution in [3.8, 4) is 0 Å². The molecular formula is C18H22N6O3. The monoisotopic (exact) mass is 370 g/mol. The highest BCUT2D eigenvalue weighted by Gasteiger charge is 2.12. The molecule has 1 aromatic carbocycles. The minimum absolute atomic E-state index is 0.234. The van der Waals surface area contributed by atoms with Gasteiger partial charge in [-0.1, -0.05) is 24.3 Å². The topological polar surface area (TPSA) is 117 Å². The predicted octanol–water partition coefficient (Wildman–Crippen LogP) is 1.23. The second kappa shape index (κ2) is 8.45. The third-order valence-corrected chi connectivity index (χ3v) is 4.00. The average molecular weight is 370 g/mol. The lowest BCUT2D eigenvalue weighted by Gasteiger charge is -2.08. The number of benzene rings is 1. The van der Waals surface area contributed by atoms with Gasteiger partial charge in [0.1, 0.15) is 5.52 Å². The Morgan fingerprint density at radius 2 is 2.07 bits per heavy atom. The Labute approximate surface area is 156 Å². The number of fused-ring (bicyclic) bond motifs is 1. The number of esters is 1. The van der Waals surface area contributed by atoms with E-state index in [2.05, 4.69) is 20.3 Å². The van der Waals surface area contributed by atoms with Gasteiger partial charge in [-0.3, -0.25) is 4.79 Å². The summed E-state index contributed by atoms with van der Waals surface area (Å²) in [7, 11) is 3.01. The number of nitrogens with two attached hydrogens (primary N) is 1. The first-order chi connectivity index (χ1) is 13.1. The fraction of sp³-hybridized carbons (Fsp3) is 0.333. The summed E-state index contributed by atoms with van der Waals surface area (Å²) in [6.07, 6.45) is 1.92. The fourth-order valence-electron chi connectivity index (χ4n) is 2.70. The third kappa shape index (κ3) is 4.50. The fourth-order valence-corrected chi connectivity index (χ4v) is 2.70. The SMILES string of the molecule is COCCNc1nc(N)c2ncn(Cc3cccc(CC(=O)OC)c3)c2n1. The highest BCUT2D eigenvalue weighted by Crippen LogP contribution is 2.19. The molecule has 3 N–H and O–H groups in total. The van der Waals surface area contributed by atoms with Gasteiger partial charge in [-0.25, -0.2) is 4.98 Å². The molecule has 0 amide bonds. The molecule has 0 saturated carbocycles. The molecule has 0 radical (unpaired) electrons. The predicted molar refractivity (Wildman–Crippen MR) is 101 cm³/mol. The van der Waals surface area contributed by atoms with Crippen LogP contribution in [0.5, 0.6) is 0 Å². The maximum atomic E-state index is 11.5. The zero-order chi connectivity index (χ0) is 19.2. The molecule has 9 nitrogen and oxygen atoms in total. The molecule has 0 bridgehead atoms. The van der Waals surface area contributed by atoms with Crippen LogP contribution in [0.4, 0.5) is 11.8 Å². The van der Waals surface area contributed by atoms with Crippen LogP contribution < -0.4 is 11.1 Å². The van der Waals surface area contributed by atoms with Crippen LogP contribution in [0.2, 0.25) is 0 Å². The van der Waals surface area contributed by atoms with Crippen LogP contribution in [0.25, 0.3) is 11.2 Å². The first kappa shape index (κ1) is 18.6. The van der Waals surface area contributed by atoms with E-state index in [4.69, 9.17) is 15.2 Å². The van der Waals surface area contributed by atoms with Crippen LogP contribution in [0, 0.1) is 0 Å². The van der Waals surface area contributed by atoms with E-state index in [1.54, 1.807) is 13.4 Å². The summed E-state index contributed by atoms with van der Waals surface area (Å²) in [6.45, 7) is 1.65. The third-order valence-electron chi connectivity index (χ3n) is 4.00. The summed E-state index contributed by atoms with van der Waals surface area (Å²) in [5, 5.41) is 3.08. The number of nitrogens with one attached hydrogen (secondary N) is 1. The molecule has 0 spiro atoms. The van der Waals surface area contributed by atoms with Gasteiger partial charge in [0, 0.05) is 13.7 Å². The lowest BCUT2D eigenvalue weighted by Crippen LogP contribution is -2.12. The average Bonchev–Trinajstić information content (AvgIpc) is 3.05. The standard InChI is InChI=1S/C18H22N6O3/c1-26-7-6-20-18-22-16(19)15-17(23-18)24(11-21-15)10-13-5-3-4-12(8-13)9-14(25)27-2/h3-5,8,11H,6-7,9-10H2,1-2H3,(H3,19,20,22,23). The Bertz CT molecular complexity index is 940. The van der Waals surface area contributed by atoms with Gasteiger partial charge in [-0.15, -0.1) is 0 Å². The number of carbonyl (C=O) groups is 1. The zero-order valence-electron chi connectivity index (χ0n) is 15.3. The van der Waals surface area contributed by atoms with Gasteiger partial charge < -0.3 is 25.1 Å². The van der Waals surface area contributed by atoms with Gasteiger partial charge in [0.15, 0.2) is 11.5 Å². The minimum atomic E-state index is -0.271. The molecule has 0 aliphatic heterocycles.